The van der Waals surface area contributed by atoms with Crippen LogP contribution in [0.15, 0.2) is 0 Å². The Morgan fingerprint density at radius 2 is 1.66 bits per heavy atom. The average Bonchev–Trinajstić information content (AvgIpc) is 2.96. The number of rotatable bonds is 5. The molecule has 1 nitrogen and oxygen atoms in total. The number of fused-ring (bicyclic) bond motifs is 5. The Bertz CT molecular complexity index is 607. The number of Topliss-reactive ketones (excluding diaryl/α,β-unsaturated/α-hetero) is 1. The fourth-order valence-electron chi connectivity index (χ4n) is 9.04. The fourth-order valence-corrected chi connectivity index (χ4v) is 9.04. The summed E-state index contributed by atoms with van der Waals surface area (Å²) in [4.78, 5) is 13.5. The van der Waals surface area contributed by atoms with Crippen LogP contribution in [0.5, 0.6) is 0 Å². The summed E-state index contributed by atoms with van der Waals surface area (Å²) in [5.74, 6) is 6.44. The Hall–Kier alpha value is -0.330. The van der Waals surface area contributed by atoms with Crippen LogP contribution in [0, 0.1) is 58.2 Å². The van der Waals surface area contributed by atoms with E-state index in [1.54, 1.807) is 0 Å². The lowest BCUT2D eigenvalue weighted by molar-refractivity contribution is -0.141. The van der Waals surface area contributed by atoms with Crippen molar-refractivity contribution in [3.63, 3.8) is 0 Å². The van der Waals surface area contributed by atoms with E-state index in [4.69, 9.17) is 0 Å². The molecule has 0 aromatic heterocycles. The molecule has 4 saturated carbocycles. The maximum absolute atomic E-state index is 13.5. The Balaban J connectivity index is 1.51. The van der Waals surface area contributed by atoms with Gasteiger partial charge >= 0.3 is 0 Å². The molecule has 0 aromatic carbocycles. The molecule has 4 aliphatic carbocycles. The lowest BCUT2D eigenvalue weighted by Gasteiger charge is -2.60. The van der Waals surface area contributed by atoms with E-state index in [1.807, 2.05) is 0 Å². The smallest absolute Gasteiger partial charge is 0.137 e. The largest absolute Gasteiger partial charge is 0.299 e. The predicted octanol–water partition coefficient (Wildman–Crippen LogP) is 7.92. The van der Waals surface area contributed by atoms with Crippen molar-refractivity contribution in [1.82, 2.24) is 0 Å². The van der Waals surface area contributed by atoms with Crippen molar-refractivity contribution in [2.24, 2.45) is 58.2 Å². The van der Waals surface area contributed by atoms with Gasteiger partial charge in [0.25, 0.3) is 0 Å². The normalized spacial score (nSPS) is 46.7. The maximum atomic E-state index is 13.5. The van der Waals surface area contributed by atoms with Crippen molar-refractivity contribution in [1.29, 1.82) is 0 Å². The van der Waals surface area contributed by atoms with E-state index in [0.29, 0.717) is 34.9 Å². The molecule has 0 bridgehead atoms. The van der Waals surface area contributed by atoms with Crippen molar-refractivity contribution >= 4 is 5.78 Å². The molecular weight excluding hydrogens is 352 g/mol. The maximum Gasteiger partial charge on any atom is 0.137 e. The van der Waals surface area contributed by atoms with Gasteiger partial charge in [-0.25, -0.2) is 0 Å². The van der Waals surface area contributed by atoms with Crippen LogP contribution in [-0.2, 0) is 4.79 Å². The van der Waals surface area contributed by atoms with Gasteiger partial charge in [0.1, 0.15) is 5.78 Å². The first-order valence-corrected chi connectivity index (χ1v) is 13.2. The Labute approximate surface area is 181 Å². The molecule has 0 spiro atoms. The molecule has 1 heteroatoms. The zero-order valence-electron chi connectivity index (χ0n) is 20.3. The van der Waals surface area contributed by atoms with Crippen molar-refractivity contribution in [2.45, 2.75) is 112 Å². The van der Waals surface area contributed by atoms with Crippen LogP contribution in [-0.4, -0.2) is 5.78 Å². The first kappa shape index (κ1) is 21.9. The summed E-state index contributed by atoms with van der Waals surface area (Å²) in [6, 6.07) is 0. The standard InChI is InChI=1S/C28H48O/c1-18(2)19(3)10-11-20(4)24-17-25(29)26-22-13-12-21-9-7-8-15-27(21,5)23(22)14-16-28(24,26)6/h18-24,26H,7-17H2,1-6H3/t19-,20+,21+,22+,23-,24+,26+,27-,28+/m0/s1. The van der Waals surface area contributed by atoms with Crippen LogP contribution < -0.4 is 0 Å². The lowest BCUT2D eigenvalue weighted by Crippen LogP contribution is -2.54. The van der Waals surface area contributed by atoms with Gasteiger partial charge < -0.3 is 0 Å². The van der Waals surface area contributed by atoms with Gasteiger partial charge in [-0.05, 0) is 90.8 Å². The summed E-state index contributed by atoms with van der Waals surface area (Å²) in [5, 5.41) is 0. The number of ketones is 1. The van der Waals surface area contributed by atoms with E-state index in [1.165, 1.54) is 64.2 Å². The van der Waals surface area contributed by atoms with Crippen molar-refractivity contribution in [3.05, 3.63) is 0 Å². The predicted molar refractivity (Wildman–Crippen MR) is 123 cm³/mol. The summed E-state index contributed by atoms with van der Waals surface area (Å²) >= 11 is 0. The highest BCUT2D eigenvalue weighted by atomic mass is 16.1. The van der Waals surface area contributed by atoms with E-state index in [9.17, 15) is 4.79 Å². The van der Waals surface area contributed by atoms with Gasteiger partial charge in [0.15, 0.2) is 0 Å². The molecule has 0 heterocycles. The summed E-state index contributed by atoms with van der Waals surface area (Å²) in [7, 11) is 0. The zero-order chi connectivity index (χ0) is 21.0. The summed E-state index contributed by atoms with van der Waals surface area (Å²) in [6.45, 7) is 14.8. The van der Waals surface area contributed by atoms with Crippen LogP contribution in [0.1, 0.15) is 112 Å². The van der Waals surface area contributed by atoms with E-state index in [2.05, 4.69) is 41.5 Å². The van der Waals surface area contributed by atoms with Gasteiger partial charge in [0.2, 0.25) is 0 Å². The molecule has 0 aliphatic heterocycles. The number of hydrogen-bond donors (Lipinski definition) is 0. The van der Waals surface area contributed by atoms with E-state index in [-0.39, 0.29) is 5.41 Å². The highest BCUT2D eigenvalue weighted by molar-refractivity contribution is 5.85. The molecule has 0 aromatic rings. The van der Waals surface area contributed by atoms with E-state index >= 15 is 0 Å². The minimum absolute atomic E-state index is 0.288. The molecule has 4 aliphatic rings. The van der Waals surface area contributed by atoms with Gasteiger partial charge in [-0.15, -0.1) is 0 Å². The molecule has 4 fully saturated rings. The zero-order valence-corrected chi connectivity index (χ0v) is 20.3. The molecule has 9 atom stereocenters. The molecule has 0 N–H and O–H groups in total. The van der Waals surface area contributed by atoms with E-state index in [0.717, 1.165) is 30.1 Å². The molecule has 0 amide bonds. The Kier molecular flexibility index (Phi) is 6.02. The SMILES string of the molecule is CC(C)[C@@H](C)CC[C@@H](C)[C@H]1CC(=O)[C@H]2[C@@H]3CC[C@H]4CCCC[C@]4(C)[C@H]3CC[C@]12C. The van der Waals surface area contributed by atoms with Crippen LogP contribution in [0.4, 0.5) is 0 Å². The third kappa shape index (κ3) is 3.55. The topological polar surface area (TPSA) is 17.1 Å². The summed E-state index contributed by atoms with van der Waals surface area (Å²) < 4.78 is 0. The molecule has 0 unspecified atom stereocenters. The molecule has 29 heavy (non-hydrogen) atoms. The van der Waals surface area contributed by atoms with Crippen LogP contribution in [0.25, 0.3) is 0 Å². The van der Waals surface area contributed by atoms with E-state index < -0.39 is 0 Å². The van der Waals surface area contributed by atoms with Crippen molar-refractivity contribution < 1.29 is 4.79 Å². The fraction of sp³-hybridized carbons (Fsp3) is 0.964. The van der Waals surface area contributed by atoms with Gasteiger partial charge in [-0.2, -0.15) is 0 Å². The third-order valence-electron chi connectivity index (χ3n) is 11.3. The molecule has 166 valence electrons. The molecule has 0 saturated heterocycles. The second-order valence-corrected chi connectivity index (χ2v) is 12.9. The van der Waals surface area contributed by atoms with Crippen LogP contribution in [0.3, 0.4) is 0 Å². The van der Waals surface area contributed by atoms with Crippen molar-refractivity contribution in [3.8, 4) is 0 Å². The third-order valence-corrected chi connectivity index (χ3v) is 11.3. The Morgan fingerprint density at radius 1 is 0.897 bits per heavy atom. The minimum atomic E-state index is 0.288. The van der Waals surface area contributed by atoms with Gasteiger partial charge in [-0.1, -0.05) is 67.2 Å². The van der Waals surface area contributed by atoms with Gasteiger partial charge in [0.05, 0.1) is 0 Å². The van der Waals surface area contributed by atoms with Crippen molar-refractivity contribution in [2.75, 3.05) is 0 Å². The van der Waals surface area contributed by atoms with Gasteiger partial charge in [0, 0.05) is 12.3 Å². The highest BCUT2D eigenvalue weighted by Gasteiger charge is 2.62. The van der Waals surface area contributed by atoms with Crippen LogP contribution in [0.2, 0.25) is 0 Å². The number of carbonyl (C=O) groups excluding carboxylic acids is 1. The molecular formula is C28H48O. The Morgan fingerprint density at radius 3 is 2.38 bits per heavy atom. The second kappa shape index (κ2) is 7.98. The first-order chi connectivity index (χ1) is 13.7. The van der Waals surface area contributed by atoms with Gasteiger partial charge in [-0.3, -0.25) is 4.79 Å². The highest BCUT2D eigenvalue weighted by Crippen LogP contribution is 2.67. The molecule has 4 rings (SSSR count). The second-order valence-electron chi connectivity index (χ2n) is 12.9. The average molecular weight is 401 g/mol. The summed E-state index contributed by atoms with van der Waals surface area (Å²) in [5.41, 5.74) is 0.829. The monoisotopic (exact) mass is 400 g/mol. The summed E-state index contributed by atoms with van der Waals surface area (Å²) in [6.07, 6.45) is 14.8. The minimum Gasteiger partial charge on any atom is -0.299 e. The number of carbonyl (C=O) groups is 1. The molecule has 0 radical (unpaired) electrons. The first-order valence-electron chi connectivity index (χ1n) is 13.2. The number of hydrogen-bond acceptors (Lipinski definition) is 1. The van der Waals surface area contributed by atoms with Crippen LogP contribution >= 0.6 is 0 Å². The quantitative estimate of drug-likeness (QED) is 0.458. The lowest BCUT2D eigenvalue weighted by atomic mass is 9.44.